The lowest BCUT2D eigenvalue weighted by Crippen LogP contribution is -2.26. The molecule has 0 amide bonds. The van der Waals surface area contributed by atoms with Crippen LogP contribution >= 0.6 is 22.9 Å². The van der Waals surface area contributed by atoms with Crippen molar-refractivity contribution in [1.82, 2.24) is 9.71 Å². The Morgan fingerprint density at radius 1 is 1.25 bits per heavy atom. The van der Waals surface area contributed by atoms with E-state index in [1.54, 1.807) is 41.9 Å². The predicted molar refractivity (Wildman–Crippen MR) is 125 cm³/mol. The van der Waals surface area contributed by atoms with Gasteiger partial charge < -0.3 is 9.15 Å². The van der Waals surface area contributed by atoms with Gasteiger partial charge in [0.25, 0.3) is 15.4 Å². The van der Waals surface area contributed by atoms with Crippen LogP contribution < -0.4 is 19.8 Å². The minimum Gasteiger partial charge on any atom is -0.431 e. The minimum atomic E-state index is -3.73. The lowest BCUT2D eigenvalue weighted by Gasteiger charge is -2.13. The first-order valence-electron chi connectivity index (χ1n) is 9.40. The predicted octanol–water partition coefficient (Wildman–Crippen LogP) is 4.47. The van der Waals surface area contributed by atoms with E-state index in [2.05, 4.69) is 14.4 Å². The summed E-state index contributed by atoms with van der Waals surface area (Å²) in [7, 11) is -2.44. The van der Waals surface area contributed by atoms with Gasteiger partial charge in [-0.25, -0.2) is 14.5 Å². The number of anilines is 1. The molecule has 0 aliphatic rings. The Kier molecular flexibility index (Phi) is 6.20. The molecule has 11 heteroatoms. The van der Waals surface area contributed by atoms with Gasteiger partial charge in [0.2, 0.25) is 0 Å². The van der Waals surface area contributed by atoms with Crippen molar-refractivity contribution in [2.75, 3.05) is 11.8 Å². The Hall–Kier alpha value is -2.92. The number of fused-ring (bicyclic) bond motifs is 1. The fourth-order valence-corrected chi connectivity index (χ4v) is 4.55. The van der Waals surface area contributed by atoms with Gasteiger partial charge in [0.15, 0.2) is 0 Å². The molecule has 4 aromatic rings. The molecule has 0 saturated carbocycles. The third-order valence-electron chi connectivity index (χ3n) is 4.83. The van der Waals surface area contributed by atoms with Gasteiger partial charge in [-0.15, -0.1) is 0 Å². The Labute approximate surface area is 193 Å². The van der Waals surface area contributed by atoms with Crippen LogP contribution in [0.3, 0.4) is 0 Å². The van der Waals surface area contributed by atoms with E-state index in [0.717, 1.165) is 10.9 Å². The number of hydrogen-bond donors (Lipinski definition) is 2. The summed E-state index contributed by atoms with van der Waals surface area (Å²) < 4.78 is 39.4. The maximum atomic E-state index is 12.8. The molecule has 0 aliphatic heterocycles. The summed E-state index contributed by atoms with van der Waals surface area (Å²) in [5.74, 6) is 0.510. The van der Waals surface area contributed by atoms with Crippen molar-refractivity contribution in [3.05, 3.63) is 80.1 Å². The maximum Gasteiger partial charge on any atom is 0.340 e. The highest BCUT2D eigenvalue weighted by molar-refractivity contribution is 7.90. The van der Waals surface area contributed by atoms with Crippen LogP contribution in [-0.4, -0.2) is 20.4 Å². The van der Waals surface area contributed by atoms with Gasteiger partial charge in [0.05, 0.1) is 10.7 Å². The van der Waals surface area contributed by atoms with Crippen LogP contribution in [0.5, 0.6) is 10.9 Å². The zero-order chi connectivity index (χ0) is 22.9. The molecule has 0 saturated heterocycles. The van der Waals surface area contributed by atoms with Crippen LogP contribution in [-0.2, 0) is 16.6 Å². The second-order valence-corrected chi connectivity index (χ2v) is 9.67. The molecule has 166 valence electrons. The first kappa shape index (κ1) is 22.3. The lowest BCUT2D eigenvalue weighted by molar-refractivity contribution is 0.476. The number of nitrogens with one attached hydrogen (secondary N) is 2. The molecule has 2 heterocycles. The number of hydrogen-bond acceptors (Lipinski definition) is 7. The number of halogens is 1. The standard InChI is InChI=1S/C21H18ClN3O5S2/c1-12-15-7-6-14(29-21-24-8-9-31-21)11-18(15)30-20(26)16(12)10-13-4-3-5-17(19(13)22)25-32(27,28)23-2/h3-9,11,23,25H,10H2,1-2H3. The highest BCUT2D eigenvalue weighted by Crippen LogP contribution is 2.31. The molecule has 8 nitrogen and oxygen atoms in total. The van der Waals surface area contributed by atoms with E-state index >= 15 is 0 Å². The molecule has 2 N–H and O–H groups in total. The van der Waals surface area contributed by atoms with Gasteiger partial charge in [-0.3, -0.25) is 4.72 Å². The van der Waals surface area contributed by atoms with Crippen molar-refractivity contribution in [2.24, 2.45) is 0 Å². The second kappa shape index (κ2) is 8.91. The molecule has 0 bridgehead atoms. The van der Waals surface area contributed by atoms with Crippen molar-refractivity contribution < 1.29 is 17.6 Å². The first-order chi connectivity index (χ1) is 15.3. The first-order valence-corrected chi connectivity index (χ1v) is 12.1. The van der Waals surface area contributed by atoms with Gasteiger partial charge >= 0.3 is 5.63 Å². The van der Waals surface area contributed by atoms with E-state index < -0.39 is 15.8 Å². The van der Waals surface area contributed by atoms with Crippen LogP contribution in [0.1, 0.15) is 16.7 Å². The minimum absolute atomic E-state index is 0.176. The maximum absolute atomic E-state index is 12.8. The smallest absolute Gasteiger partial charge is 0.340 e. The molecule has 0 spiro atoms. The molecule has 0 unspecified atom stereocenters. The largest absolute Gasteiger partial charge is 0.431 e. The van der Waals surface area contributed by atoms with Gasteiger partial charge in [-0.1, -0.05) is 35.1 Å². The number of benzene rings is 2. The molecule has 4 rings (SSSR count). The number of ether oxygens (including phenoxy) is 1. The van der Waals surface area contributed by atoms with E-state index in [9.17, 15) is 13.2 Å². The van der Waals surface area contributed by atoms with Crippen molar-refractivity contribution in [3.63, 3.8) is 0 Å². The quantitative estimate of drug-likeness (QED) is 0.369. The van der Waals surface area contributed by atoms with E-state index in [1.807, 2.05) is 13.0 Å². The summed E-state index contributed by atoms with van der Waals surface area (Å²) in [5.41, 5.74) is 1.87. The molecular weight excluding hydrogens is 474 g/mol. The van der Waals surface area contributed by atoms with Crippen molar-refractivity contribution in [1.29, 1.82) is 0 Å². The summed E-state index contributed by atoms with van der Waals surface area (Å²) in [5, 5.41) is 3.26. The van der Waals surface area contributed by atoms with Crippen LogP contribution in [0, 0.1) is 6.92 Å². The fraction of sp³-hybridized carbons (Fsp3) is 0.143. The van der Waals surface area contributed by atoms with E-state index in [1.165, 1.54) is 18.4 Å². The second-order valence-electron chi connectivity index (χ2n) is 6.82. The highest BCUT2D eigenvalue weighted by atomic mass is 35.5. The number of aromatic nitrogens is 1. The Bertz CT molecular complexity index is 1450. The molecule has 0 radical (unpaired) electrons. The zero-order valence-corrected chi connectivity index (χ0v) is 19.4. The number of nitrogens with zero attached hydrogens (tertiary/aromatic N) is 1. The Balaban J connectivity index is 1.69. The molecule has 2 aromatic heterocycles. The molecule has 0 fully saturated rings. The normalized spacial score (nSPS) is 11.6. The van der Waals surface area contributed by atoms with Gasteiger partial charge in [-0.05, 0) is 36.2 Å². The highest BCUT2D eigenvalue weighted by Gasteiger charge is 2.17. The average Bonchev–Trinajstić information content (AvgIpc) is 3.26. The van der Waals surface area contributed by atoms with Crippen LogP contribution in [0.2, 0.25) is 5.02 Å². The molecule has 0 atom stereocenters. The Morgan fingerprint density at radius 3 is 2.78 bits per heavy atom. The van der Waals surface area contributed by atoms with E-state index in [-0.39, 0.29) is 17.1 Å². The van der Waals surface area contributed by atoms with Crippen LogP contribution in [0.15, 0.2) is 57.2 Å². The lowest BCUT2D eigenvalue weighted by atomic mass is 9.99. The SMILES string of the molecule is CNS(=O)(=O)Nc1cccc(Cc2c(C)c3ccc(Oc4nccs4)cc3oc2=O)c1Cl. The number of rotatable bonds is 7. The van der Waals surface area contributed by atoms with Gasteiger partial charge in [0.1, 0.15) is 11.3 Å². The van der Waals surface area contributed by atoms with Gasteiger partial charge in [-0.2, -0.15) is 8.42 Å². The van der Waals surface area contributed by atoms with Crippen LogP contribution in [0.4, 0.5) is 5.69 Å². The molecule has 2 aromatic carbocycles. The average molecular weight is 492 g/mol. The van der Waals surface area contributed by atoms with E-state index in [4.69, 9.17) is 20.8 Å². The summed E-state index contributed by atoms with van der Waals surface area (Å²) >= 11 is 7.78. The van der Waals surface area contributed by atoms with E-state index in [0.29, 0.717) is 27.7 Å². The molecule has 32 heavy (non-hydrogen) atoms. The monoisotopic (exact) mass is 491 g/mol. The number of aryl methyl sites for hydroxylation is 1. The summed E-state index contributed by atoms with van der Waals surface area (Å²) in [6.45, 7) is 1.83. The topological polar surface area (TPSA) is 111 Å². The van der Waals surface area contributed by atoms with Crippen molar-refractivity contribution >= 4 is 49.8 Å². The van der Waals surface area contributed by atoms with Crippen molar-refractivity contribution in [2.45, 2.75) is 13.3 Å². The van der Waals surface area contributed by atoms with Gasteiger partial charge in [0, 0.05) is 42.1 Å². The number of thiazole rings is 1. The third-order valence-corrected chi connectivity index (χ3v) is 6.95. The van der Waals surface area contributed by atoms with Crippen molar-refractivity contribution in [3.8, 4) is 10.9 Å². The third kappa shape index (κ3) is 4.63. The summed E-state index contributed by atoms with van der Waals surface area (Å²) in [6, 6.07) is 10.2. The Morgan fingerprint density at radius 2 is 2.06 bits per heavy atom. The van der Waals surface area contributed by atoms with Crippen LogP contribution in [0.25, 0.3) is 11.0 Å². The zero-order valence-electron chi connectivity index (χ0n) is 17.0. The summed E-state index contributed by atoms with van der Waals surface area (Å²) in [4.78, 5) is 16.9. The fourth-order valence-electron chi connectivity index (χ4n) is 3.19. The molecule has 0 aliphatic carbocycles. The summed E-state index contributed by atoms with van der Waals surface area (Å²) in [6.07, 6.45) is 1.82. The molecular formula is C21H18ClN3O5S2.